The Bertz CT molecular complexity index is 1780. The van der Waals surface area contributed by atoms with Gasteiger partial charge in [0.05, 0.1) is 11.7 Å². The minimum Gasteiger partial charge on any atom is -0.383 e. The Morgan fingerprint density at radius 1 is 0.714 bits per heavy atom. The largest absolute Gasteiger partial charge is 0.383 e. The molecular weight excluding hydrogens is 563 g/mol. The van der Waals surface area contributed by atoms with Gasteiger partial charge in [0.1, 0.15) is 22.0 Å². The van der Waals surface area contributed by atoms with Gasteiger partial charge in [-0.05, 0) is 28.3 Å². The zero-order chi connectivity index (χ0) is 29.1. The van der Waals surface area contributed by atoms with Gasteiger partial charge in [0, 0.05) is 24.2 Å². The smallest absolute Gasteiger partial charge is 0.254 e. The first kappa shape index (κ1) is 27.4. The molecule has 1 atom stereocenters. The van der Waals surface area contributed by atoms with Crippen LogP contribution in [0.4, 0.5) is 5.95 Å². The molecular formula is C34H26Cl2N6. The minimum absolute atomic E-state index is 0.0659. The van der Waals surface area contributed by atoms with Crippen LogP contribution in [0.25, 0.3) is 16.8 Å². The Hall–Kier alpha value is -4.78. The molecule has 42 heavy (non-hydrogen) atoms. The third-order valence-corrected chi connectivity index (χ3v) is 7.42. The summed E-state index contributed by atoms with van der Waals surface area (Å²) in [6.07, 6.45) is 2.19. The summed E-state index contributed by atoms with van der Waals surface area (Å²) in [5.74, 6) is 1.26. The van der Waals surface area contributed by atoms with E-state index in [-0.39, 0.29) is 28.1 Å². The van der Waals surface area contributed by atoms with Crippen molar-refractivity contribution in [2.45, 2.75) is 6.04 Å². The Balaban J connectivity index is 1.34. The van der Waals surface area contributed by atoms with Crippen LogP contribution in [0.1, 0.15) is 28.3 Å². The lowest BCUT2D eigenvalue weighted by molar-refractivity contribution is 0.435. The molecule has 0 aliphatic carbocycles. The van der Waals surface area contributed by atoms with Gasteiger partial charge in [0.15, 0.2) is 0 Å². The minimum atomic E-state index is -0.0659. The molecule has 206 valence electrons. The molecule has 1 unspecified atom stereocenters. The van der Waals surface area contributed by atoms with Gasteiger partial charge in [-0.3, -0.25) is 0 Å². The second kappa shape index (κ2) is 12.0. The van der Waals surface area contributed by atoms with Crippen LogP contribution in [0.3, 0.4) is 0 Å². The van der Waals surface area contributed by atoms with E-state index in [9.17, 15) is 0 Å². The summed E-state index contributed by atoms with van der Waals surface area (Å²) in [7, 11) is 2.06. The fourth-order valence-electron chi connectivity index (χ4n) is 4.88. The second-order valence-corrected chi connectivity index (χ2v) is 10.6. The van der Waals surface area contributed by atoms with E-state index in [1.54, 1.807) is 0 Å². The molecule has 0 bridgehead atoms. The number of nitrogens with two attached hydrogens (primary N) is 1. The number of nitrogens with zero attached hydrogens (tertiary/aromatic N) is 5. The third kappa shape index (κ3) is 5.96. The van der Waals surface area contributed by atoms with Crippen molar-refractivity contribution in [1.29, 1.82) is 0 Å². The van der Waals surface area contributed by atoms with E-state index in [1.807, 2.05) is 48.5 Å². The van der Waals surface area contributed by atoms with Crippen molar-refractivity contribution in [3.05, 3.63) is 154 Å². The molecule has 2 heterocycles. The Morgan fingerprint density at radius 2 is 1.26 bits per heavy atom. The van der Waals surface area contributed by atoms with E-state index in [2.05, 4.69) is 93.6 Å². The molecule has 0 spiro atoms. The highest BCUT2D eigenvalue weighted by Gasteiger charge is 2.25. The van der Waals surface area contributed by atoms with E-state index in [0.29, 0.717) is 0 Å². The maximum Gasteiger partial charge on any atom is 0.254 e. The number of benzene rings is 4. The highest BCUT2D eigenvalue weighted by Crippen LogP contribution is 2.34. The molecule has 2 N–H and O–H groups in total. The van der Waals surface area contributed by atoms with Gasteiger partial charge in [0.2, 0.25) is 0 Å². The van der Waals surface area contributed by atoms with Gasteiger partial charge in [0.25, 0.3) is 5.95 Å². The Kier molecular flexibility index (Phi) is 7.82. The van der Waals surface area contributed by atoms with Gasteiger partial charge in [-0.15, -0.1) is 0 Å². The molecule has 0 saturated heterocycles. The first-order valence-corrected chi connectivity index (χ1v) is 14.1. The molecule has 5 aromatic rings. The van der Waals surface area contributed by atoms with Crippen molar-refractivity contribution < 1.29 is 0 Å². The van der Waals surface area contributed by atoms with Gasteiger partial charge in [-0.2, -0.15) is 15.0 Å². The van der Waals surface area contributed by atoms with Crippen molar-refractivity contribution in [3.63, 3.8) is 0 Å². The molecule has 0 fully saturated rings. The highest BCUT2D eigenvalue weighted by molar-refractivity contribution is 6.33. The van der Waals surface area contributed by atoms with Crippen LogP contribution in [-0.4, -0.2) is 33.6 Å². The summed E-state index contributed by atoms with van der Waals surface area (Å²) < 4.78 is 0. The predicted octanol–water partition coefficient (Wildman–Crippen LogP) is 7.96. The maximum atomic E-state index is 6.28. The van der Waals surface area contributed by atoms with Gasteiger partial charge in [-0.25, -0.2) is 4.99 Å². The number of aliphatic imine (C=N–C) groups is 2. The molecule has 1 aliphatic rings. The third-order valence-electron chi connectivity index (χ3n) is 7.03. The van der Waals surface area contributed by atoms with Crippen molar-refractivity contribution in [3.8, 4) is 11.1 Å². The van der Waals surface area contributed by atoms with Crippen LogP contribution in [0.2, 0.25) is 10.3 Å². The number of amidine groups is 2. The zero-order valence-electron chi connectivity index (χ0n) is 22.7. The monoisotopic (exact) mass is 588 g/mol. The van der Waals surface area contributed by atoms with E-state index in [1.165, 1.54) is 11.6 Å². The van der Waals surface area contributed by atoms with Gasteiger partial charge < -0.3 is 10.6 Å². The number of aromatic nitrogens is 2. The van der Waals surface area contributed by atoms with Crippen LogP contribution >= 0.6 is 23.2 Å². The first-order chi connectivity index (χ1) is 20.4. The molecule has 6 nitrogen and oxygen atoms in total. The average molecular weight is 590 g/mol. The van der Waals surface area contributed by atoms with Crippen LogP contribution < -0.4 is 5.73 Å². The van der Waals surface area contributed by atoms with Crippen LogP contribution in [-0.2, 0) is 0 Å². The van der Waals surface area contributed by atoms with Crippen molar-refractivity contribution >= 4 is 46.5 Å². The molecule has 6 rings (SSSR count). The first-order valence-electron chi connectivity index (χ1n) is 13.3. The van der Waals surface area contributed by atoms with E-state index in [0.717, 1.165) is 39.3 Å². The maximum absolute atomic E-state index is 6.28. The molecule has 1 aromatic heterocycles. The predicted molar refractivity (Wildman–Crippen MR) is 172 cm³/mol. The standard InChI is InChI=1S/C34H26Cl2N6/c1-42-29(25-16-18-26(19-17-25)32(37)41-34-39-30(35)21-31(36)40-34)20-28(38-33(42)27-10-6-3-7-11-27)24-14-12-23(13-15-24)22-8-4-2-5-9-22/h2-21,29H,1H3,(H2,37,39,40,41). The molecule has 4 aromatic carbocycles. The van der Waals surface area contributed by atoms with Crippen LogP contribution in [0.15, 0.2) is 131 Å². The lowest BCUT2D eigenvalue weighted by atomic mass is 9.97. The van der Waals surface area contributed by atoms with E-state index >= 15 is 0 Å². The van der Waals surface area contributed by atoms with Crippen LogP contribution in [0.5, 0.6) is 0 Å². The fourth-order valence-corrected chi connectivity index (χ4v) is 5.29. The van der Waals surface area contributed by atoms with Gasteiger partial charge in [-0.1, -0.05) is 132 Å². The lowest BCUT2D eigenvalue weighted by Gasteiger charge is -2.33. The molecule has 0 radical (unpaired) electrons. The highest BCUT2D eigenvalue weighted by atomic mass is 35.5. The number of likely N-dealkylation sites (N-methyl/N-ethyl adjacent to an activating group) is 1. The normalized spacial score (nSPS) is 15.3. The van der Waals surface area contributed by atoms with E-state index < -0.39 is 0 Å². The van der Waals surface area contributed by atoms with Crippen LogP contribution in [0, 0.1) is 0 Å². The summed E-state index contributed by atoms with van der Waals surface area (Å²) in [5.41, 5.74) is 13.4. The quantitative estimate of drug-likeness (QED) is 0.124. The SMILES string of the molecule is CN1C(c2ccccc2)=NC(c2ccc(-c3ccccc3)cc2)=CC1c1ccc(C(N)=Nc2nc(Cl)cc(Cl)n2)cc1. The summed E-state index contributed by atoms with van der Waals surface area (Å²) in [6, 6.07) is 38.5. The Labute approximate surface area is 254 Å². The number of hydrogen-bond donors (Lipinski definition) is 1. The van der Waals surface area contributed by atoms with E-state index in [4.69, 9.17) is 33.9 Å². The summed E-state index contributed by atoms with van der Waals surface area (Å²) in [4.78, 5) is 19.7. The molecule has 8 heteroatoms. The van der Waals surface area contributed by atoms with Crippen molar-refractivity contribution in [2.75, 3.05) is 7.05 Å². The zero-order valence-corrected chi connectivity index (χ0v) is 24.2. The number of rotatable bonds is 6. The van der Waals surface area contributed by atoms with Gasteiger partial charge >= 0.3 is 0 Å². The molecule has 1 aliphatic heterocycles. The Morgan fingerprint density at radius 3 is 1.88 bits per heavy atom. The lowest BCUT2D eigenvalue weighted by Crippen LogP contribution is -2.33. The topological polar surface area (TPSA) is 79.8 Å². The molecule has 0 amide bonds. The summed E-state index contributed by atoms with van der Waals surface area (Å²) in [5, 5.41) is 0.399. The van der Waals surface area contributed by atoms with Crippen molar-refractivity contribution in [1.82, 2.24) is 14.9 Å². The average Bonchev–Trinajstić information content (AvgIpc) is 3.02. The summed E-state index contributed by atoms with van der Waals surface area (Å²) in [6.45, 7) is 0. The molecule has 0 saturated carbocycles. The fraction of sp³-hybridized carbons (Fsp3) is 0.0588. The number of halogens is 2. The second-order valence-electron chi connectivity index (χ2n) is 9.78. The van der Waals surface area contributed by atoms with Crippen molar-refractivity contribution in [2.24, 2.45) is 15.7 Å². The summed E-state index contributed by atoms with van der Waals surface area (Å²) >= 11 is 12.0. The number of hydrogen-bond acceptors (Lipinski definition) is 5.